The van der Waals surface area contributed by atoms with Crippen LogP contribution in [0.25, 0.3) is 5.76 Å². The van der Waals surface area contributed by atoms with Gasteiger partial charge in [-0.2, -0.15) is 0 Å². The molecule has 204 valence electrons. The second-order valence-corrected chi connectivity index (χ2v) is 11.5. The molecule has 1 atom stereocenters. The van der Waals surface area contributed by atoms with E-state index in [1.165, 1.54) is 28.0 Å². The minimum absolute atomic E-state index is 0.0434. The summed E-state index contributed by atoms with van der Waals surface area (Å²) in [5.74, 6) is -0.668. The topological polar surface area (TPSA) is 106 Å². The van der Waals surface area contributed by atoms with Gasteiger partial charge in [-0.25, -0.2) is 0 Å². The fraction of sp³-hybridized carbons (Fsp3) is 0.207. The summed E-state index contributed by atoms with van der Waals surface area (Å²) in [5, 5.41) is 20.7. The first-order valence-electron chi connectivity index (χ1n) is 12.6. The van der Waals surface area contributed by atoms with E-state index in [2.05, 4.69) is 22.1 Å². The van der Waals surface area contributed by atoms with Crippen molar-refractivity contribution < 1.29 is 19.4 Å². The van der Waals surface area contributed by atoms with Crippen LogP contribution in [0, 0.1) is 0 Å². The number of ketones is 1. The zero-order valence-electron chi connectivity index (χ0n) is 21.5. The van der Waals surface area contributed by atoms with E-state index in [1.54, 1.807) is 48.8 Å². The lowest BCUT2D eigenvalue weighted by Gasteiger charge is -2.22. The Balaban J connectivity index is 1.47. The molecule has 0 bridgehead atoms. The van der Waals surface area contributed by atoms with Crippen molar-refractivity contribution in [2.24, 2.45) is 0 Å². The zero-order valence-corrected chi connectivity index (χ0v) is 23.9. The van der Waals surface area contributed by atoms with Crippen molar-refractivity contribution in [3.63, 3.8) is 0 Å². The van der Waals surface area contributed by atoms with Crippen LogP contribution in [0.4, 0.5) is 5.13 Å². The second-order valence-electron chi connectivity index (χ2n) is 8.91. The first-order chi connectivity index (χ1) is 19.5. The molecule has 1 saturated heterocycles. The number of ether oxygens (including phenoxy) is 1. The maximum atomic E-state index is 13.4. The van der Waals surface area contributed by atoms with Gasteiger partial charge in [-0.3, -0.25) is 19.5 Å². The molecule has 1 amide bonds. The molecule has 4 aromatic rings. The Morgan fingerprint density at radius 1 is 1.10 bits per heavy atom. The molecule has 0 spiro atoms. The Morgan fingerprint density at radius 2 is 1.90 bits per heavy atom. The molecule has 2 aromatic carbocycles. The van der Waals surface area contributed by atoms with Crippen LogP contribution in [-0.4, -0.2) is 38.6 Å². The number of thioether (sulfide) groups is 1. The average Bonchev–Trinajstić information content (AvgIpc) is 3.55. The molecular formula is C29H25ClN4O4S2. The lowest BCUT2D eigenvalue weighted by atomic mass is 9.96. The number of aliphatic hydroxyl groups excluding tert-OH is 1. The number of amides is 1. The molecule has 5 rings (SSSR count). The van der Waals surface area contributed by atoms with Crippen molar-refractivity contribution in [2.45, 2.75) is 35.9 Å². The van der Waals surface area contributed by atoms with E-state index < -0.39 is 17.7 Å². The highest BCUT2D eigenvalue weighted by Crippen LogP contribution is 2.44. The molecule has 2 aromatic heterocycles. The van der Waals surface area contributed by atoms with Crippen LogP contribution in [0.5, 0.6) is 5.75 Å². The molecule has 40 heavy (non-hydrogen) atoms. The lowest BCUT2D eigenvalue weighted by molar-refractivity contribution is -0.132. The fourth-order valence-corrected chi connectivity index (χ4v) is 6.35. The largest absolute Gasteiger partial charge is 0.507 e. The van der Waals surface area contributed by atoms with Crippen LogP contribution in [-0.2, 0) is 15.3 Å². The maximum Gasteiger partial charge on any atom is 0.301 e. The first kappa shape index (κ1) is 27.8. The second kappa shape index (κ2) is 12.6. The summed E-state index contributed by atoms with van der Waals surface area (Å²) in [4.78, 5) is 32.2. The highest BCUT2D eigenvalue weighted by molar-refractivity contribution is 8.00. The third-order valence-corrected chi connectivity index (χ3v) is 8.72. The molecule has 0 saturated carbocycles. The van der Waals surface area contributed by atoms with Gasteiger partial charge in [-0.15, -0.1) is 10.2 Å². The lowest BCUT2D eigenvalue weighted by Crippen LogP contribution is -2.29. The van der Waals surface area contributed by atoms with E-state index in [1.807, 2.05) is 24.3 Å². The van der Waals surface area contributed by atoms with Crippen molar-refractivity contribution in [3.05, 3.63) is 100 Å². The molecule has 0 radical (unpaired) electrons. The van der Waals surface area contributed by atoms with Gasteiger partial charge in [0.2, 0.25) is 5.13 Å². The number of hydrogen-bond donors (Lipinski definition) is 1. The Morgan fingerprint density at radius 3 is 2.62 bits per heavy atom. The van der Waals surface area contributed by atoms with Crippen molar-refractivity contribution in [1.29, 1.82) is 0 Å². The van der Waals surface area contributed by atoms with Crippen molar-refractivity contribution in [1.82, 2.24) is 15.2 Å². The summed E-state index contributed by atoms with van der Waals surface area (Å²) in [6.07, 6.45) is 5.11. The monoisotopic (exact) mass is 592 g/mol. The fourth-order valence-electron chi connectivity index (χ4n) is 4.19. The molecule has 1 fully saturated rings. The van der Waals surface area contributed by atoms with Gasteiger partial charge in [0.1, 0.15) is 11.5 Å². The third-order valence-electron chi connectivity index (χ3n) is 6.25. The minimum Gasteiger partial charge on any atom is -0.507 e. The van der Waals surface area contributed by atoms with E-state index in [0.717, 1.165) is 18.4 Å². The Labute approximate surface area is 244 Å². The van der Waals surface area contributed by atoms with Gasteiger partial charge >= 0.3 is 5.91 Å². The molecule has 0 aliphatic carbocycles. The van der Waals surface area contributed by atoms with E-state index in [-0.39, 0.29) is 16.5 Å². The van der Waals surface area contributed by atoms with Crippen molar-refractivity contribution in [2.75, 3.05) is 11.5 Å². The Kier molecular flexibility index (Phi) is 8.78. The Bertz CT molecular complexity index is 1540. The van der Waals surface area contributed by atoms with Crippen LogP contribution < -0.4 is 9.64 Å². The van der Waals surface area contributed by atoms with Gasteiger partial charge in [0.25, 0.3) is 5.78 Å². The van der Waals surface area contributed by atoms with E-state index in [9.17, 15) is 14.7 Å². The highest BCUT2D eigenvalue weighted by Gasteiger charge is 2.48. The smallest absolute Gasteiger partial charge is 0.301 e. The standard InChI is InChI=1S/C29H25ClN4O4S2/c1-2-3-15-38-21-12-10-18(11-13-21)25(35)23-24(19-8-6-14-31-16-19)34(27(37)26(23)36)28-32-33-29(40-28)39-17-20-7-4-5-9-22(20)30/h4-14,16,24,35H,2-3,15,17H2,1H3/b25-23-. The normalized spacial score (nSPS) is 16.4. The number of aromatic nitrogens is 3. The first-order valence-corrected chi connectivity index (χ1v) is 14.8. The number of rotatable bonds is 10. The van der Waals surface area contributed by atoms with Gasteiger partial charge in [-0.05, 0) is 53.9 Å². The molecule has 3 heterocycles. The molecule has 1 N–H and O–H groups in total. The van der Waals surface area contributed by atoms with Gasteiger partial charge < -0.3 is 9.84 Å². The van der Waals surface area contributed by atoms with Gasteiger partial charge in [0.15, 0.2) is 4.34 Å². The van der Waals surface area contributed by atoms with Gasteiger partial charge in [0.05, 0.1) is 18.2 Å². The highest BCUT2D eigenvalue weighted by atomic mass is 35.5. The van der Waals surface area contributed by atoms with Crippen LogP contribution in [0.15, 0.2) is 83.0 Å². The van der Waals surface area contributed by atoms with Crippen LogP contribution in [0.2, 0.25) is 5.02 Å². The SMILES string of the molecule is CCCCOc1ccc(/C(O)=C2/C(=O)C(=O)N(c3nnc(SCc4ccccc4Cl)s3)C2c2cccnc2)cc1. The number of halogens is 1. The number of anilines is 1. The molecule has 8 nitrogen and oxygen atoms in total. The number of nitrogens with zero attached hydrogens (tertiary/aromatic N) is 4. The van der Waals surface area contributed by atoms with Gasteiger partial charge in [-0.1, -0.05) is 72.3 Å². The van der Waals surface area contributed by atoms with Crippen LogP contribution in [0.1, 0.15) is 42.5 Å². The summed E-state index contributed by atoms with van der Waals surface area (Å²) in [6.45, 7) is 2.68. The summed E-state index contributed by atoms with van der Waals surface area (Å²) >= 11 is 8.90. The predicted molar refractivity (Wildman–Crippen MR) is 157 cm³/mol. The van der Waals surface area contributed by atoms with E-state index >= 15 is 0 Å². The van der Waals surface area contributed by atoms with Crippen LogP contribution in [0.3, 0.4) is 0 Å². The minimum atomic E-state index is -0.927. The van der Waals surface area contributed by atoms with Crippen LogP contribution >= 0.6 is 34.7 Å². The zero-order chi connectivity index (χ0) is 28.1. The summed E-state index contributed by atoms with van der Waals surface area (Å²) in [5.41, 5.74) is 1.85. The van der Waals surface area contributed by atoms with E-state index in [0.29, 0.717) is 38.6 Å². The predicted octanol–water partition coefficient (Wildman–Crippen LogP) is 6.68. The number of pyridine rings is 1. The molecular weight excluding hydrogens is 568 g/mol. The number of hydrogen-bond acceptors (Lipinski definition) is 9. The van der Waals surface area contributed by atoms with Gasteiger partial charge in [0, 0.05) is 28.7 Å². The number of benzene rings is 2. The molecule has 1 aliphatic rings. The van der Waals surface area contributed by atoms with Crippen molar-refractivity contribution >= 4 is 57.3 Å². The Hall–Kier alpha value is -3.73. The number of Topliss-reactive ketones (excluding diaryl/α,β-unsaturated/α-hetero) is 1. The average molecular weight is 593 g/mol. The molecule has 11 heteroatoms. The molecule has 1 aliphatic heterocycles. The number of unbranched alkanes of at least 4 members (excludes halogenated alkanes) is 1. The summed E-state index contributed by atoms with van der Waals surface area (Å²) in [6, 6.07) is 16.9. The van der Waals surface area contributed by atoms with Crippen molar-refractivity contribution in [3.8, 4) is 5.75 Å². The summed E-state index contributed by atoms with van der Waals surface area (Å²) < 4.78 is 6.32. The third kappa shape index (κ3) is 5.89. The number of carbonyl (C=O) groups excluding carboxylic acids is 2. The van der Waals surface area contributed by atoms with E-state index in [4.69, 9.17) is 16.3 Å². The number of carbonyl (C=O) groups is 2. The summed E-state index contributed by atoms with van der Waals surface area (Å²) in [7, 11) is 0. The maximum absolute atomic E-state index is 13.4. The number of aliphatic hydroxyl groups is 1. The quantitative estimate of drug-likeness (QED) is 0.0542. The molecule has 1 unspecified atom stereocenters.